The molecule has 3 aromatic rings. The first-order valence-corrected chi connectivity index (χ1v) is 9.19. The van der Waals surface area contributed by atoms with Gasteiger partial charge in [-0.15, -0.1) is 21.6 Å². The molecule has 1 N–H and O–H groups in total. The Bertz CT molecular complexity index is 1020. The maximum absolute atomic E-state index is 12.1. The Kier molecular flexibility index (Phi) is 5.60. The van der Waals surface area contributed by atoms with Crippen molar-refractivity contribution in [1.82, 2.24) is 9.55 Å². The number of fused-ring (bicyclic) bond motifs is 1. The zero-order chi connectivity index (χ0) is 19.4. The van der Waals surface area contributed by atoms with Gasteiger partial charge in [0.2, 0.25) is 5.88 Å². The highest BCUT2D eigenvalue weighted by Crippen LogP contribution is 2.38. The number of hydrogen-bond acceptors (Lipinski definition) is 7. The van der Waals surface area contributed by atoms with Crippen molar-refractivity contribution < 1.29 is 19.4 Å². The van der Waals surface area contributed by atoms with Gasteiger partial charge in [0.15, 0.2) is 5.69 Å². The van der Waals surface area contributed by atoms with E-state index in [-0.39, 0.29) is 31.1 Å². The predicted molar refractivity (Wildman–Crippen MR) is 100 cm³/mol. The van der Waals surface area contributed by atoms with Crippen LogP contribution in [0.15, 0.2) is 39.9 Å². The van der Waals surface area contributed by atoms with Crippen molar-refractivity contribution in [3.63, 3.8) is 0 Å². The molecule has 0 radical (unpaired) electrons. The van der Waals surface area contributed by atoms with E-state index in [0.717, 1.165) is 5.69 Å². The molecule has 8 nitrogen and oxygen atoms in total. The molecule has 0 saturated carbocycles. The van der Waals surface area contributed by atoms with E-state index < -0.39 is 11.9 Å². The minimum absolute atomic E-state index is 0.0459. The van der Waals surface area contributed by atoms with Gasteiger partial charge in [-0.05, 0) is 19.9 Å². The molecular weight excluding hydrogens is 368 g/mol. The summed E-state index contributed by atoms with van der Waals surface area (Å²) in [5, 5.41) is 21.3. The Hall–Kier alpha value is -3.07. The minimum atomic E-state index is -0.479. The number of ether oxygens (including phenoxy) is 1. The number of hydrogen-bond donors (Lipinski definition) is 1. The highest BCUT2D eigenvalue weighted by atomic mass is 32.1. The van der Waals surface area contributed by atoms with Gasteiger partial charge in [-0.1, -0.05) is 18.2 Å². The average molecular weight is 386 g/mol. The monoisotopic (exact) mass is 386 g/mol. The molecule has 0 spiro atoms. The molecule has 1 aromatic carbocycles. The molecular formula is C18H18N4O4S. The number of aryl methyl sites for hydroxylation is 1. The van der Waals surface area contributed by atoms with Gasteiger partial charge in [-0.2, -0.15) is 0 Å². The zero-order valence-corrected chi connectivity index (χ0v) is 15.7. The molecule has 0 bridgehead atoms. The third kappa shape index (κ3) is 4.20. The van der Waals surface area contributed by atoms with Crippen LogP contribution in [-0.2, 0) is 27.3 Å². The van der Waals surface area contributed by atoms with Crippen LogP contribution in [0.1, 0.15) is 17.6 Å². The number of nitrogens with zero attached hydrogens (tertiary/aromatic N) is 4. The predicted octanol–water partition coefficient (Wildman–Crippen LogP) is 3.53. The summed E-state index contributed by atoms with van der Waals surface area (Å²) < 4.78 is 6.33. The van der Waals surface area contributed by atoms with Crippen LogP contribution in [0, 0.1) is 6.92 Å². The fourth-order valence-corrected chi connectivity index (χ4v) is 3.38. The summed E-state index contributed by atoms with van der Waals surface area (Å²) in [5.41, 5.74) is 1.58. The van der Waals surface area contributed by atoms with Crippen LogP contribution in [0.25, 0.3) is 10.9 Å². The Balaban J connectivity index is 1.88. The first kappa shape index (κ1) is 18.7. The lowest BCUT2D eigenvalue weighted by molar-refractivity contribution is -0.143. The first-order valence-electron chi connectivity index (χ1n) is 8.31. The number of azo groups is 1. The number of benzene rings is 1. The number of thiazole rings is 1. The number of para-hydroxylation sites is 1. The van der Waals surface area contributed by atoms with Crippen molar-refractivity contribution >= 4 is 39.8 Å². The van der Waals surface area contributed by atoms with E-state index in [4.69, 9.17) is 4.74 Å². The van der Waals surface area contributed by atoms with Gasteiger partial charge in [0.25, 0.3) is 5.91 Å². The maximum atomic E-state index is 12.1. The lowest BCUT2D eigenvalue weighted by Crippen LogP contribution is -2.12. The van der Waals surface area contributed by atoms with Crippen molar-refractivity contribution in [3.8, 4) is 5.88 Å². The third-order valence-corrected chi connectivity index (χ3v) is 4.71. The summed E-state index contributed by atoms with van der Waals surface area (Å²) in [6, 6.07) is 7.03. The van der Waals surface area contributed by atoms with Crippen molar-refractivity contribution in [2.75, 3.05) is 6.61 Å². The zero-order valence-electron chi connectivity index (χ0n) is 14.9. The Morgan fingerprint density at radius 3 is 2.81 bits per heavy atom. The van der Waals surface area contributed by atoms with E-state index in [9.17, 15) is 14.7 Å². The largest absolute Gasteiger partial charge is 0.493 e. The van der Waals surface area contributed by atoms with Gasteiger partial charge in [0.05, 0.1) is 18.5 Å². The summed E-state index contributed by atoms with van der Waals surface area (Å²) in [6.07, 6.45) is 0.0459. The molecule has 1 amide bonds. The van der Waals surface area contributed by atoms with Crippen LogP contribution in [0.2, 0.25) is 0 Å². The molecule has 0 fully saturated rings. The van der Waals surface area contributed by atoms with Crippen LogP contribution in [0.4, 0.5) is 5.69 Å². The van der Waals surface area contributed by atoms with Gasteiger partial charge in [-0.3, -0.25) is 14.2 Å². The molecule has 0 aliphatic heterocycles. The van der Waals surface area contributed by atoms with Crippen molar-refractivity contribution in [3.05, 3.63) is 40.3 Å². The quantitative estimate of drug-likeness (QED) is 0.515. The lowest BCUT2D eigenvalue weighted by Gasteiger charge is -2.06. The molecule has 0 aliphatic rings. The van der Waals surface area contributed by atoms with E-state index in [0.29, 0.717) is 15.9 Å². The number of carbonyl (C=O) groups excluding carboxylic acids is 2. The Labute approximate surface area is 159 Å². The molecule has 27 heavy (non-hydrogen) atoms. The molecule has 0 unspecified atom stereocenters. The molecule has 0 saturated heterocycles. The number of carbonyl (C=O) groups is 2. The SMILES string of the molecule is CCOC(=O)Cn1c(O)c(N=NC(=O)Cc2nc(C)cs2)c2ccccc21. The average Bonchev–Trinajstić information content (AvgIpc) is 3.15. The van der Waals surface area contributed by atoms with E-state index in [1.54, 1.807) is 31.2 Å². The van der Waals surface area contributed by atoms with Crippen molar-refractivity contribution in [2.24, 2.45) is 10.2 Å². The van der Waals surface area contributed by atoms with E-state index in [1.165, 1.54) is 15.9 Å². The smallest absolute Gasteiger partial charge is 0.326 e. The highest BCUT2D eigenvalue weighted by Gasteiger charge is 2.19. The second-order valence-electron chi connectivity index (χ2n) is 5.73. The lowest BCUT2D eigenvalue weighted by atomic mass is 10.2. The second kappa shape index (κ2) is 8.09. The molecule has 2 aromatic heterocycles. The fourth-order valence-electron chi connectivity index (χ4n) is 2.62. The number of esters is 1. The van der Waals surface area contributed by atoms with Crippen molar-refractivity contribution in [1.29, 1.82) is 0 Å². The topological polar surface area (TPSA) is 106 Å². The normalized spacial score (nSPS) is 11.3. The molecule has 140 valence electrons. The van der Waals surface area contributed by atoms with Crippen LogP contribution < -0.4 is 0 Å². The fraction of sp³-hybridized carbons (Fsp3) is 0.278. The summed E-state index contributed by atoms with van der Waals surface area (Å²) in [6.45, 7) is 3.64. The van der Waals surface area contributed by atoms with Crippen LogP contribution in [-0.4, -0.2) is 33.1 Å². The Morgan fingerprint density at radius 2 is 2.11 bits per heavy atom. The molecule has 0 aliphatic carbocycles. The van der Waals surface area contributed by atoms with Crippen LogP contribution >= 0.6 is 11.3 Å². The van der Waals surface area contributed by atoms with E-state index >= 15 is 0 Å². The number of amides is 1. The van der Waals surface area contributed by atoms with E-state index in [2.05, 4.69) is 15.2 Å². The van der Waals surface area contributed by atoms with Crippen molar-refractivity contribution in [2.45, 2.75) is 26.8 Å². The second-order valence-corrected chi connectivity index (χ2v) is 6.68. The van der Waals surface area contributed by atoms with Crippen LogP contribution in [0.3, 0.4) is 0 Å². The molecule has 3 rings (SSSR count). The van der Waals surface area contributed by atoms with Gasteiger partial charge in [-0.25, -0.2) is 4.98 Å². The first-order chi connectivity index (χ1) is 13.0. The Morgan fingerprint density at radius 1 is 1.33 bits per heavy atom. The van der Waals surface area contributed by atoms with Gasteiger partial charge < -0.3 is 9.84 Å². The number of rotatable bonds is 6. The summed E-state index contributed by atoms with van der Waals surface area (Å²) in [7, 11) is 0. The molecule has 9 heteroatoms. The van der Waals surface area contributed by atoms with E-state index in [1.807, 2.05) is 12.3 Å². The van der Waals surface area contributed by atoms with Gasteiger partial charge in [0.1, 0.15) is 11.6 Å². The summed E-state index contributed by atoms with van der Waals surface area (Å²) in [5.74, 6) is -1.19. The van der Waals surface area contributed by atoms with Gasteiger partial charge in [0, 0.05) is 16.5 Å². The molecule has 0 atom stereocenters. The number of aromatic nitrogens is 2. The third-order valence-electron chi connectivity index (χ3n) is 3.74. The molecule has 2 heterocycles. The van der Waals surface area contributed by atoms with Gasteiger partial charge >= 0.3 is 5.97 Å². The van der Waals surface area contributed by atoms with Crippen LogP contribution in [0.5, 0.6) is 5.88 Å². The maximum Gasteiger partial charge on any atom is 0.326 e. The minimum Gasteiger partial charge on any atom is -0.493 e. The summed E-state index contributed by atoms with van der Waals surface area (Å²) in [4.78, 5) is 28.1. The highest BCUT2D eigenvalue weighted by molar-refractivity contribution is 7.09. The summed E-state index contributed by atoms with van der Waals surface area (Å²) >= 11 is 1.38. The standard InChI is InChI=1S/C18H18N4O4S/c1-3-26-16(24)9-22-13-7-5-4-6-12(13)17(18(22)25)21-20-14(23)8-15-19-11(2)10-27-15/h4-7,10,25H,3,8-9H2,1-2H3. The number of aromatic hydroxyl groups is 1.